The Balaban J connectivity index is 2.10. The van der Waals surface area contributed by atoms with Crippen molar-refractivity contribution < 1.29 is 4.79 Å². The number of nitrogens with zero attached hydrogens (tertiary/aromatic N) is 2. The van der Waals surface area contributed by atoms with Crippen molar-refractivity contribution in [2.45, 2.75) is 12.8 Å². The molecule has 0 aliphatic carbocycles. The van der Waals surface area contributed by atoms with E-state index in [9.17, 15) is 4.79 Å². The number of rotatable bonds is 1. The summed E-state index contributed by atoms with van der Waals surface area (Å²) in [5.41, 5.74) is 0.503. The van der Waals surface area contributed by atoms with Crippen LogP contribution in [0.2, 0.25) is 10.0 Å². The number of hydrogen-bond donors (Lipinski definition) is 0. The molecule has 0 radical (unpaired) electrons. The van der Waals surface area contributed by atoms with Crippen molar-refractivity contribution in [2.75, 3.05) is 13.1 Å². The monoisotopic (exact) mass is 282 g/mol. The fourth-order valence-electron chi connectivity index (χ4n) is 2.07. The van der Waals surface area contributed by atoms with Crippen LogP contribution >= 0.6 is 23.2 Å². The maximum atomic E-state index is 12.2. The van der Waals surface area contributed by atoms with E-state index in [1.54, 1.807) is 23.1 Å². The largest absolute Gasteiger partial charge is 0.339 e. The van der Waals surface area contributed by atoms with E-state index in [1.165, 1.54) is 0 Å². The van der Waals surface area contributed by atoms with Crippen molar-refractivity contribution in [3.05, 3.63) is 33.8 Å². The summed E-state index contributed by atoms with van der Waals surface area (Å²) in [6, 6.07) is 7.07. The summed E-state index contributed by atoms with van der Waals surface area (Å²) in [6.07, 6.45) is 1.47. The molecule has 0 aromatic heterocycles. The Morgan fingerprint density at radius 2 is 1.78 bits per heavy atom. The molecule has 1 fully saturated rings. The van der Waals surface area contributed by atoms with Gasteiger partial charge < -0.3 is 4.90 Å². The number of likely N-dealkylation sites (tertiary alicyclic amines) is 1. The van der Waals surface area contributed by atoms with Crippen LogP contribution < -0.4 is 0 Å². The second-order valence-electron chi connectivity index (χ2n) is 4.35. The van der Waals surface area contributed by atoms with Gasteiger partial charge >= 0.3 is 0 Å². The van der Waals surface area contributed by atoms with Crippen molar-refractivity contribution in [1.29, 1.82) is 5.26 Å². The van der Waals surface area contributed by atoms with Crippen LogP contribution in [0.25, 0.3) is 0 Å². The zero-order valence-electron chi connectivity index (χ0n) is 9.70. The normalized spacial score (nSPS) is 16.4. The van der Waals surface area contributed by atoms with Crippen LogP contribution in [0.15, 0.2) is 18.2 Å². The van der Waals surface area contributed by atoms with Gasteiger partial charge in [-0.05, 0) is 31.0 Å². The smallest absolute Gasteiger partial charge is 0.253 e. The molecule has 1 aliphatic rings. The van der Waals surface area contributed by atoms with E-state index >= 15 is 0 Å². The predicted octanol–water partition coefficient (Wildman–Crippen LogP) is 3.37. The lowest BCUT2D eigenvalue weighted by Gasteiger charge is -2.29. The molecule has 94 valence electrons. The van der Waals surface area contributed by atoms with Gasteiger partial charge in [-0.25, -0.2) is 0 Å². The van der Waals surface area contributed by atoms with Crippen LogP contribution in [-0.4, -0.2) is 23.9 Å². The van der Waals surface area contributed by atoms with Crippen LogP contribution in [0.3, 0.4) is 0 Å². The van der Waals surface area contributed by atoms with Gasteiger partial charge in [0.2, 0.25) is 0 Å². The lowest BCUT2D eigenvalue weighted by atomic mass is 9.98. The minimum atomic E-state index is -0.0733. The number of amides is 1. The SMILES string of the molecule is N#CC1CCN(C(=O)c2cc(Cl)cc(Cl)c2)CC1. The Morgan fingerprint density at radius 1 is 1.22 bits per heavy atom. The average molecular weight is 283 g/mol. The van der Waals surface area contributed by atoms with Gasteiger partial charge in [0.25, 0.3) is 5.91 Å². The number of hydrogen-bond acceptors (Lipinski definition) is 2. The molecular formula is C13H12Cl2N2O. The molecule has 0 atom stereocenters. The second kappa shape index (κ2) is 5.60. The van der Waals surface area contributed by atoms with Crippen LogP contribution in [0.1, 0.15) is 23.2 Å². The Bertz CT molecular complexity index is 482. The van der Waals surface area contributed by atoms with Crippen molar-refractivity contribution in [2.24, 2.45) is 5.92 Å². The van der Waals surface area contributed by atoms with Crippen molar-refractivity contribution in [3.8, 4) is 6.07 Å². The van der Waals surface area contributed by atoms with E-state index in [0.29, 0.717) is 28.7 Å². The third-order valence-corrected chi connectivity index (χ3v) is 3.51. The summed E-state index contributed by atoms with van der Waals surface area (Å²) < 4.78 is 0. The highest BCUT2D eigenvalue weighted by atomic mass is 35.5. The number of piperidine rings is 1. The minimum absolute atomic E-state index is 0.0667. The number of carbonyl (C=O) groups excluding carboxylic acids is 1. The molecule has 1 amide bonds. The van der Waals surface area contributed by atoms with Gasteiger partial charge in [0.05, 0.1) is 6.07 Å². The number of nitriles is 1. The molecule has 0 N–H and O–H groups in total. The summed E-state index contributed by atoms with van der Waals surface area (Å²) >= 11 is 11.8. The first-order valence-corrected chi connectivity index (χ1v) is 6.50. The fraction of sp³-hybridized carbons (Fsp3) is 0.385. The van der Waals surface area contributed by atoms with Crippen molar-refractivity contribution in [3.63, 3.8) is 0 Å². The van der Waals surface area contributed by atoms with Crippen molar-refractivity contribution in [1.82, 2.24) is 4.90 Å². The summed E-state index contributed by atoms with van der Waals surface area (Å²) in [5, 5.41) is 9.73. The van der Waals surface area contributed by atoms with E-state index < -0.39 is 0 Å². The van der Waals surface area contributed by atoms with Crippen LogP contribution in [0.4, 0.5) is 0 Å². The highest BCUT2D eigenvalue weighted by Crippen LogP contribution is 2.22. The van der Waals surface area contributed by atoms with Gasteiger partial charge in [0, 0.05) is 34.6 Å². The minimum Gasteiger partial charge on any atom is -0.339 e. The molecule has 18 heavy (non-hydrogen) atoms. The molecular weight excluding hydrogens is 271 g/mol. The molecule has 3 nitrogen and oxygen atoms in total. The van der Waals surface area contributed by atoms with Crippen molar-refractivity contribution >= 4 is 29.1 Å². The topological polar surface area (TPSA) is 44.1 Å². The Kier molecular flexibility index (Phi) is 4.11. The molecule has 0 unspecified atom stereocenters. The Hall–Kier alpha value is -1.24. The maximum Gasteiger partial charge on any atom is 0.253 e. The van der Waals surface area contributed by atoms with Crippen LogP contribution in [0, 0.1) is 17.2 Å². The standard InChI is InChI=1S/C13H12Cl2N2O/c14-11-5-10(6-12(15)7-11)13(18)17-3-1-9(8-16)2-4-17/h5-7,9H,1-4H2. The molecule has 1 aromatic carbocycles. The first-order chi connectivity index (χ1) is 8.60. The first kappa shape index (κ1) is 13.2. The fourth-order valence-corrected chi connectivity index (χ4v) is 2.60. The molecule has 1 saturated heterocycles. The van der Waals surface area contributed by atoms with Gasteiger partial charge in [0.15, 0.2) is 0 Å². The van der Waals surface area contributed by atoms with Crippen LogP contribution in [0.5, 0.6) is 0 Å². The maximum absolute atomic E-state index is 12.2. The van der Waals surface area contributed by atoms with E-state index in [1.807, 2.05) is 0 Å². The molecule has 0 bridgehead atoms. The van der Waals surface area contributed by atoms with Gasteiger partial charge in [-0.1, -0.05) is 23.2 Å². The van der Waals surface area contributed by atoms with E-state index in [-0.39, 0.29) is 11.8 Å². The van der Waals surface area contributed by atoms with Gasteiger partial charge in [0.1, 0.15) is 0 Å². The first-order valence-electron chi connectivity index (χ1n) is 5.75. The quantitative estimate of drug-likeness (QED) is 0.793. The summed E-state index contributed by atoms with van der Waals surface area (Å²) in [5.74, 6) is -0.00668. The molecule has 1 aromatic rings. The summed E-state index contributed by atoms with van der Waals surface area (Å²) in [6.45, 7) is 1.22. The van der Waals surface area contributed by atoms with Gasteiger partial charge in [-0.15, -0.1) is 0 Å². The van der Waals surface area contributed by atoms with Gasteiger partial charge in [-0.2, -0.15) is 5.26 Å². The third kappa shape index (κ3) is 2.95. The number of benzene rings is 1. The van der Waals surface area contributed by atoms with E-state index in [0.717, 1.165) is 12.8 Å². The highest BCUT2D eigenvalue weighted by molar-refractivity contribution is 6.35. The predicted molar refractivity (Wildman–Crippen MR) is 70.7 cm³/mol. The zero-order chi connectivity index (χ0) is 13.1. The molecule has 0 spiro atoms. The third-order valence-electron chi connectivity index (χ3n) is 3.07. The molecule has 1 aliphatic heterocycles. The molecule has 0 saturated carbocycles. The average Bonchev–Trinajstić information content (AvgIpc) is 2.37. The molecule has 2 rings (SSSR count). The molecule has 1 heterocycles. The van der Waals surface area contributed by atoms with Gasteiger partial charge in [-0.3, -0.25) is 4.79 Å². The van der Waals surface area contributed by atoms with Crippen LogP contribution in [-0.2, 0) is 0 Å². The zero-order valence-corrected chi connectivity index (χ0v) is 11.2. The number of halogens is 2. The number of carbonyl (C=O) groups is 1. The van der Waals surface area contributed by atoms with E-state index in [2.05, 4.69) is 6.07 Å². The van der Waals surface area contributed by atoms with E-state index in [4.69, 9.17) is 28.5 Å². The summed E-state index contributed by atoms with van der Waals surface area (Å²) in [7, 11) is 0. The lowest BCUT2D eigenvalue weighted by molar-refractivity contribution is 0.0707. The molecule has 5 heteroatoms. The highest BCUT2D eigenvalue weighted by Gasteiger charge is 2.23. The Labute approximate surface area is 116 Å². The second-order valence-corrected chi connectivity index (χ2v) is 5.23. The Morgan fingerprint density at radius 3 is 2.28 bits per heavy atom. The lowest BCUT2D eigenvalue weighted by Crippen LogP contribution is -2.38. The summed E-state index contributed by atoms with van der Waals surface area (Å²) in [4.78, 5) is 14.0.